The molecule has 1 fully saturated rings. The van der Waals surface area contributed by atoms with E-state index in [4.69, 9.17) is 16.6 Å². The molecule has 1 aliphatic heterocycles. The third kappa shape index (κ3) is 4.35. The second-order valence-corrected chi connectivity index (χ2v) is 9.01. The predicted octanol–water partition coefficient (Wildman–Crippen LogP) is 3.87. The van der Waals surface area contributed by atoms with Gasteiger partial charge in [0.15, 0.2) is 0 Å². The van der Waals surface area contributed by atoms with E-state index < -0.39 is 0 Å². The Labute approximate surface area is 164 Å². The summed E-state index contributed by atoms with van der Waals surface area (Å²) in [6.07, 6.45) is 0.700. The molecule has 0 aliphatic carbocycles. The third-order valence-corrected chi connectivity index (χ3v) is 5.60. The van der Waals surface area contributed by atoms with Gasteiger partial charge in [0.25, 0.3) is 0 Å². The summed E-state index contributed by atoms with van der Waals surface area (Å²) < 4.78 is 4.50. The molecule has 0 bridgehead atoms. The van der Waals surface area contributed by atoms with Crippen LogP contribution in [0.3, 0.4) is 0 Å². The fourth-order valence-corrected chi connectivity index (χ4v) is 3.94. The molecule has 1 amide bonds. The Hall–Kier alpha value is -1.66. The van der Waals surface area contributed by atoms with Crippen LogP contribution in [0.25, 0.3) is 0 Å². The minimum Gasteiger partial charge on any atom is -0.343 e. The quantitative estimate of drug-likeness (QED) is 0.795. The molecule has 1 aliphatic rings. The topological polar surface area (TPSA) is 49.3 Å². The van der Waals surface area contributed by atoms with Crippen LogP contribution in [0.2, 0.25) is 5.02 Å². The lowest BCUT2D eigenvalue weighted by Crippen LogP contribution is -2.56. The summed E-state index contributed by atoms with van der Waals surface area (Å²) in [7, 11) is 0. The number of rotatable bonds is 3. The summed E-state index contributed by atoms with van der Waals surface area (Å²) >= 11 is 7.36. The van der Waals surface area contributed by atoms with Gasteiger partial charge in [0.2, 0.25) is 11.0 Å². The fraction of sp³-hybridized carbons (Fsp3) is 0.526. The molecule has 1 atom stereocenters. The number of piperazine rings is 1. The van der Waals surface area contributed by atoms with Crippen LogP contribution >= 0.6 is 23.1 Å². The van der Waals surface area contributed by atoms with Gasteiger partial charge in [-0.3, -0.25) is 4.79 Å². The van der Waals surface area contributed by atoms with Gasteiger partial charge in [-0.25, -0.2) is 4.98 Å². The summed E-state index contributed by atoms with van der Waals surface area (Å²) in [4.78, 5) is 21.5. The molecule has 1 saturated heterocycles. The fourth-order valence-electron chi connectivity index (χ4n) is 3.09. The zero-order valence-electron chi connectivity index (χ0n) is 15.7. The van der Waals surface area contributed by atoms with Crippen molar-refractivity contribution in [3.8, 4) is 0 Å². The highest BCUT2D eigenvalue weighted by atomic mass is 35.5. The largest absolute Gasteiger partial charge is 0.343 e. The molecule has 0 spiro atoms. The van der Waals surface area contributed by atoms with E-state index in [-0.39, 0.29) is 17.4 Å². The van der Waals surface area contributed by atoms with Crippen LogP contribution in [0.15, 0.2) is 24.3 Å². The van der Waals surface area contributed by atoms with E-state index in [1.54, 1.807) is 0 Å². The lowest BCUT2D eigenvalue weighted by atomic mass is 9.93. The minimum atomic E-state index is -0.342. The van der Waals surface area contributed by atoms with E-state index in [1.807, 2.05) is 49.9 Å². The highest BCUT2D eigenvalue weighted by molar-refractivity contribution is 7.09. The number of hydrogen-bond donors (Lipinski definition) is 0. The Balaban J connectivity index is 1.64. The van der Waals surface area contributed by atoms with Crippen LogP contribution in [0.1, 0.15) is 39.1 Å². The van der Waals surface area contributed by atoms with Crippen molar-refractivity contribution < 1.29 is 4.79 Å². The molecule has 140 valence electrons. The molecule has 1 aromatic heterocycles. The first kappa shape index (κ1) is 19.1. The second-order valence-electron chi connectivity index (χ2n) is 7.84. The van der Waals surface area contributed by atoms with E-state index in [1.165, 1.54) is 11.5 Å². The first-order valence-electron chi connectivity index (χ1n) is 8.87. The Morgan fingerprint density at radius 2 is 1.96 bits per heavy atom. The molecule has 1 unspecified atom stereocenters. The monoisotopic (exact) mass is 392 g/mol. The van der Waals surface area contributed by atoms with Crippen LogP contribution in [0.4, 0.5) is 5.13 Å². The average Bonchev–Trinajstić information content (AvgIpc) is 3.04. The Morgan fingerprint density at radius 1 is 1.27 bits per heavy atom. The van der Waals surface area contributed by atoms with E-state index in [9.17, 15) is 4.79 Å². The van der Waals surface area contributed by atoms with Crippen molar-refractivity contribution in [1.82, 2.24) is 14.3 Å². The summed E-state index contributed by atoms with van der Waals surface area (Å²) in [5.41, 5.74) is 0.804. The number of aromatic nitrogens is 2. The molecule has 2 aromatic rings. The molecule has 2 heterocycles. The highest BCUT2D eigenvalue weighted by Gasteiger charge is 2.34. The smallest absolute Gasteiger partial charge is 0.228 e. The number of nitrogens with zero attached hydrogens (tertiary/aromatic N) is 4. The molecular weight excluding hydrogens is 368 g/mol. The molecule has 26 heavy (non-hydrogen) atoms. The first-order chi connectivity index (χ1) is 12.2. The van der Waals surface area contributed by atoms with E-state index in [0.717, 1.165) is 41.2 Å². The van der Waals surface area contributed by atoms with Crippen molar-refractivity contribution in [1.29, 1.82) is 0 Å². The van der Waals surface area contributed by atoms with Crippen molar-refractivity contribution in [3.63, 3.8) is 0 Å². The van der Waals surface area contributed by atoms with Gasteiger partial charge < -0.3 is 9.80 Å². The van der Waals surface area contributed by atoms with Gasteiger partial charge in [-0.2, -0.15) is 4.37 Å². The summed E-state index contributed by atoms with van der Waals surface area (Å²) in [5, 5.41) is 1.67. The number of carbonyl (C=O) groups is 1. The van der Waals surface area contributed by atoms with Crippen molar-refractivity contribution in [2.75, 3.05) is 24.5 Å². The van der Waals surface area contributed by atoms with Crippen molar-refractivity contribution in [2.45, 2.75) is 40.2 Å². The molecule has 7 heteroatoms. The SMILES string of the molecule is CC1CN(c2nc(Cc3ccc(Cl)cc3)ns2)CCN1C(=O)C(C)(C)C. The molecule has 0 saturated carbocycles. The van der Waals surface area contributed by atoms with Gasteiger partial charge in [-0.1, -0.05) is 44.5 Å². The van der Waals surface area contributed by atoms with Gasteiger partial charge in [0.1, 0.15) is 5.82 Å². The van der Waals surface area contributed by atoms with Gasteiger partial charge in [-0.15, -0.1) is 0 Å². The van der Waals surface area contributed by atoms with Crippen LogP contribution < -0.4 is 4.90 Å². The van der Waals surface area contributed by atoms with Gasteiger partial charge >= 0.3 is 0 Å². The molecule has 3 rings (SSSR count). The highest BCUT2D eigenvalue weighted by Crippen LogP contribution is 2.25. The maximum absolute atomic E-state index is 12.6. The summed E-state index contributed by atoms with van der Waals surface area (Å²) in [6.45, 7) is 10.3. The van der Waals surface area contributed by atoms with E-state index in [2.05, 4.69) is 16.2 Å². The number of carbonyl (C=O) groups excluding carboxylic acids is 1. The number of anilines is 1. The number of hydrogen-bond acceptors (Lipinski definition) is 5. The number of amides is 1. The molecular formula is C19H25ClN4OS. The number of benzene rings is 1. The van der Waals surface area contributed by atoms with E-state index >= 15 is 0 Å². The lowest BCUT2D eigenvalue weighted by Gasteiger charge is -2.42. The van der Waals surface area contributed by atoms with Gasteiger partial charge in [0.05, 0.1) is 0 Å². The maximum Gasteiger partial charge on any atom is 0.228 e. The molecule has 0 N–H and O–H groups in total. The second kappa shape index (κ2) is 7.53. The lowest BCUT2D eigenvalue weighted by molar-refractivity contribution is -0.142. The Kier molecular flexibility index (Phi) is 5.53. The Morgan fingerprint density at radius 3 is 2.58 bits per heavy atom. The zero-order chi connectivity index (χ0) is 18.9. The Bertz CT molecular complexity index is 769. The predicted molar refractivity (Wildman–Crippen MR) is 107 cm³/mol. The molecule has 0 radical (unpaired) electrons. The standard InChI is InChI=1S/C19H25ClN4OS/c1-13-12-23(9-10-24(13)17(25)19(2,3)4)18-21-16(22-26-18)11-14-5-7-15(20)8-6-14/h5-8,13H,9-12H2,1-4H3. The van der Waals surface area contributed by atoms with Crippen LogP contribution in [0.5, 0.6) is 0 Å². The van der Waals surface area contributed by atoms with Crippen molar-refractivity contribution in [2.24, 2.45) is 5.41 Å². The normalized spacial score (nSPS) is 18.3. The van der Waals surface area contributed by atoms with Crippen LogP contribution in [0, 0.1) is 5.41 Å². The zero-order valence-corrected chi connectivity index (χ0v) is 17.3. The summed E-state index contributed by atoms with van der Waals surface area (Å²) in [6, 6.07) is 7.94. The van der Waals surface area contributed by atoms with Crippen molar-refractivity contribution in [3.05, 3.63) is 40.7 Å². The van der Waals surface area contributed by atoms with Crippen molar-refractivity contribution >= 4 is 34.2 Å². The van der Waals surface area contributed by atoms with Gasteiger partial charge in [-0.05, 0) is 24.6 Å². The maximum atomic E-state index is 12.6. The molecule has 5 nitrogen and oxygen atoms in total. The average molecular weight is 393 g/mol. The van der Waals surface area contributed by atoms with Crippen LogP contribution in [-0.4, -0.2) is 45.8 Å². The number of halogens is 1. The first-order valence-corrected chi connectivity index (χ1v) is 10.0. The third-order valence-electron chi connectivity index (χ3n) is 4.53. The molecule has 1 aromatic carbocycles. The van der Waals surface area contributed by atoms with Crippen LogP contribution in [-0.2, 0) is 11.2 Å². The summed E-state index contributed by atoms with van der Waals surface area (Å²) in [5.74, 6) is 1.04. The van der Waals surface area contributed by atoms with Gasteiger partial charge in [0, 0.05) is 54.1 Å². The minimum absolute atomic E-state index is 0.166. The van der Waals surface area contributed by atoms with E-state index in [0.29, 0.717) is 6.42 Å².